The Kier molecular flexibility index (Phi) is 9.25. The van der Waals surface area contributed by atoms with Gasteiger partial charge in [0.1, 0.15) is 17.7 Å². The van der Waals surface area contributed by atoms with E-state index < -0.39 is 38.0 Å². The maximum atomic E-state index is 13.4. The van der Waals surface area contributed by atoms with E-state index in [1.54, 1.807) is 14.0 Å². The summed E-state index contributed by atoms with van der Waals surface area (Å²) < 4.78 is 77.0. The number of halogens is 1. The number of fused-ring (bicyclic) bond motifs is 1. The van der Waals surface area contributed by atoms with E-state index in [-0.39, 0.29) is 59.3 Å². The van der Waals surface area contributed by atoms with Gasteiger partial charge in [0.2, 0.25) is 15.9 Å². The van der Waals surface area contributed by atoms with Crippen LogP contribution in [0.5, 0.6) is 5.75 Å². The molecule has 0 spiro atoms. The van der Waals surface area contributed by atoms with Crippen LogP contribution in [0.4, 0.5) is 10.1 Å². The number of aliphatic hydroxyl groups excluding tert-OH is 1. The number of sulfonamides is 2. The van der Waals surface area contributed by atoms with Gasteiger partial charge < -0.3 is 19.3 Å². The number of hydrogen-bond donors (Lipinski definition) is 2. The van der Waals surface area contributed by atoms with E-state index in [2.05, 4.69) is 9.71 Å². The summed E-state index contributed by atoms with van der Waals surface area (Å²) in [5.41, 5.74) is 0.553. The second-order valence-corrected chi connectivity index (χ2v) is 14.1. The molecule has 2 aromatic carbocycles. The molecular formula is C27H34FN5O7S2. The molecular weight excluding hydrogens is 589 g/mol. The molecule has 1 aliphatic heterocycles. The summed E-state index contributed by atoms with van der Waals surface area (Å²) in [5.74, 6) is -0.981. The second kappa shape index (κ2) is 12.4. The number of ether oxygens (including phenoxy) is 1. The number of carbonyl (C=O) groups is 1. The van der Waals surface area contributed by atoms with E-state index in [1.165, 1.54) is 59.4 Å². The van der Waals surface area contributed by atoms with Crippen molar-refractivity contribution in [2.45, 2.75) is 42.3 Å². The highest BCUT2D eigenvalue weighted by molar-refractivity contribution is 7.92. The first-order valence-corrected chi connectivity index (χ1v) is 16.1. The third kappa shape index (κ3) is 6.91. The Labute approximate surface area is 244 Å². The monoisotopic (exact) mass is 623 g/mol. The average molecular weight is 624 g/mol. The minimum Gasteiger partial charge on any atom is -0.488 e. The number of rotatable bonds is 9. The van der Waals surface area contributed by atoms with Crippen LogP contribution in [0.15, 0.2) is 64.9 Å². The van der Waals surface area contributed by atoms with Crippen LogP contribution < -0.4 is 9.46 Å². The van der Waals surface area contributed by atoms with Crippen LogP contribution in [-0.2, 0) is 38.3 Å². The number of imidazole rings is 1. The maximum Gasteiger partial charge on any atom is 0.280 e. The van der Waals surface area contributed by atoms with Crippen LogP contribution in [0, 0.1) is 11.7 Å². The van der Waals surface area contributed by atoms with Crippen molar-refractivity contribution in [2.75, 3.05) is 31.5 Å². The summed E-state index contributed by atoms with van der Waals surface area (Å²) in [4.78, 5) is 18.7. The van der Waals surface area contributed by atoms with Crippen LogP contribution in [0.1, 0.15) is 19.4 Å². The van der Waals surface area contributed by atoms with Crippen molar-refractivity contribution in [3.05, 3.63) is 66.4 Å². The standard InChI is InChI=1S/C27H34FN5O7S2/c1-18-13-33(19(2)16-34)27(35)12-20-11-22(30-41(36,37)26-15-31(3)17-29-26)7-10-24(20)40-25(18)14-32(4)42(38,39)23-8-5-21(28)6-9-23/h5-11,15,17-19,25,30,34H,12-14,16H2,1-4H3/t18-,19-,25-/m1/s1. The summed E-state index contributed by atoms with van der Waals surface area (Å²) in [6.45, 7) is 3.28. The van der Waals surface area contributed by atoms with Gasteiger partial charge in [0, 0.05) is 44.0 Å². The van der Waals surface area contributed by atoms with E-state index in [9.17, 15) is 31.1 Å². The normalized spacial score (nSPS) is 18.9. The summed E-state index contributed by atoms with van der Waals surface area (Å²) >= 11 is 0. The molecule has 1 amide bonds. The van der Waals surface area contributed by atoms with Gasteiger partial charge in [-0.2, -0.15) is 12.7 Å². The maximum absolute atomic E-state index is 13.4. The number of likely N-dealkylation sites (N-methyl/N-ethyl adjacent to an activating group) is 1. The van der Waals surface area contributed by atoms with Gasteiger partial charge in [-0.05, 0) is 49.4 Å². The molecule has 0 unspecified atom stereocenters. The molecule has 1 aliphatic rings. The van der Waals surface area contributed by atoms with Crippen molar-refractivity contribution in [2.24, 2.45) is 13.0 Å². The van der Waals surface area contributed by atoms with E-state index >= 15 is 0 Å². The molecule has 4 rings (SSSR count). The fourth-order valence-electron chi connectivity index (χ4n) is 4.58. The number of aliphatic hydroxyl groups is 1. The van der Waals surface area contributed by atoms with Crippen molar-refractivity contribution >= 4 is 31.6 Å². The molecule has 0 bridgehead atoms. The topological polar surface area (TPSA) is 151 Å². The van der Waals surface area contributed by atoms with E-state index in [0.29, 0.717) is 5.56 Å². The number of carbonyl (C=O) groups excluding carboxylic acids is 1. The highest BCUT2D eigenvalue weighted by Crippen LogP contribution is 2.30. The highest BCUT2D eigenvalue weighted by Gasteiger charge is 2.33. The smallest absolute Gasteiger partial charge is 0.280 e. The van der Waals surface area contributed by atoms with Gasteiger partial charge in [0.05, 0.1) is 36.8 Å². The fourth-order valence-corrected chi connectivity index (χ4v) is 6.80. The van der Waals surface area contributed by atoms with Crippen molar-refractivity contribution in [3.63, 3.8) is 0 Å². The number of anilines is 1. The average Bonchev–Trinajstić information content (AvgIpc) is 3.40. The molecule has 3 atom stereocenters. The number of hydrogen-bond acceptors (Lipinski definition) is 8. The largest absolute Gasteiger partial charge is 0.488 e. The Balaban J connectivity index is 1.68. The quantitative estimate of drug-likeness (QED) is 0.367. The van der Waals surface area contributed by atoms with E-state index in [4.69, 9.17) is 4.74 Å². The Morgan fingerprint density at radius 1 is 1.19 bits per heavy atom. The molecule has 15 heteroatoms. The molecule has 0 radical (unpaired) electrons. The van der Waals surface area contributed by atoms with Crippen molar-refractivity contribution in [1.82, 2.24) is 18.8 Å². The first kappa shape index (κ1) is 31.4. The first-order chi connectivity index (χ1) is 19.7. The zero-order valence-electron chi connectivity index (χ0n) is 23.6. The zero-order valence-corrected chi connectivity index (χ0v) is 25.3. The number of aryl methyl sites for hydroxylation is 1. The molecule has 0 fully saturated rings. The molecule has 0 aliphatic carbocycles. The van der Waals surface area contributed by atoms with Crippen molar-refractivity contribution in [3.8, 4) is 5.75 Å². The Hall–Kier alpha value is -3.53. The summed E-state index contributed by atoms with van der Waals surface area (Å²) in [7, 11) is -4.99. The molecule has 42 heavy (non-hydrogen) atoms. The number of benzene rings is 2. The van der Waals surface area contributed by atoms with Gasteiger partial charge in [-0.3, -0.25) is 9.52 Å². The van der Waals surface area contributed by atoms with Crippen LogP contribution in [0.3, 0.4) is 0 Å². The third-order valence-corrected chi connectivity index (χ3v) is 10.2. The number of nitrogens with zero attached hydrogens (tertiary/aromatic N) is 4. The van der Waals surface area contributed by atoms with Crippen molar-refractivity contribution in [1.29, 1.82) is 0 Å². The van der Waals surface area contributed by atoms with Gasteiger partial charge in [-0.25, -0.2) is 17.8 Å². The lowest BCUT2D eigenvalue weighted by atomic mass is 10.0. The van der Waals surface area contributed by atoms with Gasteiger partial charge in [0.25, 0.3) is 10.0 Å². The number of amides is 1. The lowest BCUT2D eigenvalue weighted by Crippen LogP contribution is -2.48. The SMILES string of the molecule is C[C@@H]1CN([C@H](C)CO)C(=O)Cc2cc(NS(=O)(=O)c3cn(C)cn3)ccc2O[C@@H]1CN(C)S(=O)(=O)c1ccc(F)cc1. The predicted octanol–water partition coefficient (Wildman–Crippen LogP) is 1.83. The summed E-state index contributed by atoms with van der Waals surface area (Å²) in [5, 5.41) is 9.66. The lowest BCUT2D eigenvalue weighted by molar-refractivity contribution is -0.134. The van der Waals surface area contributed by atoms with Crippen LogP contribution in [0.2, 0.25) is 0 Å². The summed E-state index contributed by atoms with van der Waals surface area (Å²) in [6, 6.07) is 8.46. The highest BCUT2D eigenvalue weighted by atomic mass is 32.2. The van der Waals surface area contributed by atoms with Gasteiger partial charge in [-0.1, -0.05) is 6.92 Å². The zero-order chi connectivity index (χ0) is 30.8. The fraction of sp³-hybridized carbons (Fsp3) is 0.407. The molecule has 1 aromatic heterocycles. The lowest BCUT2D eigenvalue weighted by Gasteiger charge is -2.33. The van der Waals surface area contributed by atoms with Crippen LogP contribution in [0.25, 0.3) is 0 Å². The molecule has 228 valence electrons. The molecule has 3 aromatic rings. The van der Waals surface area contributed by atoms with Gasteiger partial charge >= 0.3 is 0 Å². The van der Waals surface area contributed by atoms with Crippen molar-refractivity contribution < 1.29 is 35.9 Å². The van der Waals surface area contributed by atoms with E-state index in [0.717, 1.165) is 16.4 Å². The molecule has 0 saturated carbocycles. The molecule has 0 saturated heterocycles. The van der Waals surface area contributed by atoms with Crippen LogP contribution >= 0.6 is 0 Å². The second-order valence-electron chi connectivity index (χ2n) is 10.4. The van der Waals surface area contributed by atoms with Gasteiger partial charge in [0.15, 0.2) is 5.03 Å². The Morgan fingerprint density at radius 2 is 1.88 bits per heavy atom. The summed E-state index contributed by atoms with van der Waals surface area (Å²) in [6.07, 6.45) is 1.81. The minimum absolute atomic E-state index is 0.0851. The Morgan fingerprint density at radius 3 is 2.50 bits per heavy atom. The number of aromatic nitrogens is 2. The third-order valence-electron chi connectivity index (χ3n) is 7.08. The van der Waals surface area contributed by atoms with Gasteiger partial charge in [-0.15, -0.1) is 0 Å². The molecule has 2 heterocycles. The van der Waals surface area contributed by atoms with E-state index in [1.807, 2.05) is 6.92 Å². The Bertz CT molecular complexity index is 1650. The van der Waals surface area contributed by atoms with Crippen LogP contribution in [-0.4, -0.2) is 85.5 Å². The molecule has 12 nitrogen and oxygen atoms in total. The minimum atomic E-state index is -4.01. The first-order valence-electron chi connectivity index (χ1n) is 13.1. The number of nitrogens with one attached hydrogen (secondary N) is 1. The predicted molar refractivity (Wildman–Crippen MR) is 152 cm³/mol. The molecule has 2 N–H and O–H groups in total.